The highest BCUT2D eigenvalue weighted by atomic mass is 16.2. The molecule has 3 aromatic rings. The van der Waals surface area contributed by atoms with Crippen molar-refractivity contribution in [2.24, 2.45) is 5.92 Å². The number of hydrogen-bond donors (Lipinski definition) is 2. The molecule has 4 aliphatic heterocycles. The van der Waals surface area contributed by atoms with Crippen LogP contribution in [0.25, 0.3) is 0 Å². The molecule has 2 N–H and O–H groups in total. The average molecular weight is 478 g/mol. The standard InChI is InChI=1S/C30H27N3O3/c1-2-18-12-8-14-21-25(18)32-28(36)30(21)29(20-13-6-7-15-22(20)31-27(29)35)24(23-16-9-17-33(23)30)26(34)19-10-4-3-5-11-19/h3-8,10-15,23-24H,2,9,16-17H2,1H3,(H,31,35)(H,32,36). The quantitative estimate of drug-likeness (QED) is 0.553. The number of Topliss-reactive ketones (excluding diaryl/α,β-unsaturated/α-hetero) is 1. The highest BCUT2D eigenvalue weighted by Gasteiger charge is 2.81. The maximum absolute atomic E-state index is 14.4. The summed E-state index contributed by atoms with van der Waals surface area (Å²) in [6.07, 6.45) is 2.39. The van der Waals surface area contributed by atoms with Crippen molar-refractivity contribution in [1.82, 2.24) is 4.90 Å². The van der Waals surface area contributed by atoms with Gasteiger partial charge in [0.25, 0.3) is 5.91 Å². The minimum Gasteiger partial charge on any atom is -0.325 e. The molecule has 0 bridgehead atoms. The van der Waals surface area contributed by atoms with E-state index in [1.807, 2.05) is 72.8 Å². The van der Waals surface area contributed by atoms with Gasteiger partial charge in [0, 0.05) is 28.5 Å². The normalized spacial score (nSPS) is 29.8. The molecular formula is C30H27N3O3. The maximum atomic E-state index is 14.4. The van der Waals surface area contributed by atoms with E-state index in [1.165, 1.54) is 0 Å². The molecule has 2 saturated heterocycles. The second-order valence-corrected chi connectivity index (χ2v) is 10.3. The predicted octanol–water partition coefficient (Wildman–Crippen LogP) is 4.26. The summed E-state index contributed by atoms with van der Waals surface area (Å²) in [5.41, 5.74) is 1.94. The van der Waals surface area contributed by atoms with Crippen LogP contribution in [-0.4, -0.2) is 35.1 Å². The zero-order valence-corrected chi connectivity index (χ0v) is 20.1. The second kappa shape index (κ2) is 7.37. The van der Waals surface area contributed by atoms with E-state index in [1.54, 1.807) is 0 Å². The van der Waals surface area contributed by atoms with Gasteiger partial charge in [-0.15, -0.1) is 0 Å². The van der Waals surface area contributed by atoms with Crippen molar-refractivity contribution >= 4 is 29.0 Å². The van der Waals surface area contributed by atoms with Gasteiger partial charge >= 0.3 is 0 Å². The van der Waals surface area contributed by atoms with Crippen LogP contribution in [-0.2, 0) is 27.0 Å². The summed E-state index contributed by atoms with van der Waals surface area (Å²) in [6.45, 7) is 2.72. The molecule has 4 unspecified atom stereocenters. The first-order chi connectivity index (χ1) is 17.6. The molecule has 2 fully saturated rings. The topological polar surface area (TPSA) is 78.5 Å². The number of carbonyl (C=O) groups excluding carboxylic acids is 3. The molecule has 0 aromatic heterocycles. The van der Waals surface area contributed by atoms with Crippen molar-refractivity contribution in [1.29, 1.82) is 0 Å². The Bertz CT molecular complexity index is 1450. The van der Waals surface area contributed by atoms with Crippen LogP contribution < -0.4 is 10.6 Å². The Morgan fingerprint density at radius 1 is 0.917 bits per heavy atom. The molecule has 4 heterocycles. The molecule has 0 aliphatic carbocycles. The predicted molar refractivity (Wildman–Crippen MR) is 137 cm³/mol. The van der Waals surface area contributed by atoms with Gasteiger partial charge in [0.15, 0.2) is 5.78 Å². The average Bonchev–Trinajstić information content (AvgIpc) is 3.62. The van der Waals surface area contributed by atoms with Crippen LogP contribution in [0.1, 0.15) is 46.8 Å². The summed E-state index contributed by atoms with van der Waals surface area (Å²) in [7, 11) is 0. The lowest BCUT2D eigenvalue weighted by atomic mass is 9.57. The van der Waals surface area contributed by atoms with Gasteiger partial charge in [-0.05, 0) is 43.0 Å². The molecular weight excluding hydrogens is 450 g/mol. The molecule has 36 heavy (non-hydrogen) atoms. The lowest BCUT2D eigenvalue weighted by Crippen LogP contribution is -2.62. The van der Waals surface area contributed by atoms with Crippen LogP contribution in [0.4, 0.5) is 11.4 Å². The van der Waals surface area contributed by atoms with Gasteiger partial charge in [0.1, 0.15) is 11.0 Å². The highest BCUT2D eigenvalue weighted by molar-refractivity contribution is 6.21. The van der Waals surface area contributed by atoms with Crippen molar-refractivity contribution in [3.63, 3.8) is 0 Å². The molecule has 4 atom stereocenters. The van der Waals surface area contributed by atoms with Gasteiger partial charge in [-0.25, -0.2) is 0 Å². The van der Waals surface area contributed by atoms with E-state index in [9.17, 15) is 14.4 Å². The van der Waals surface area contributed by atoms with Gasteiger partial charge in [-0.3, -0.25) is 19.3 Å². The number of para-hydroxylation sites is 2. The Morgan fingerprint density at radius 3 is 2.47 bits per heavy atom. The monoisotopic (exact) mass is 477 g/mol. The molecule has 6 heteroatoms. The Morgan fingerprint density at radius 2 is 1.67 bits per heavy atom. The van der Waals surface area contributed by atoms with Crippen LogP contribution in [0.2, 0.25) is 0 Å². The van der Waals surface area contributed by atoms with Gasteiger partial charge < -0.3 is 10.6 Å². The van der Waals surface area contributed by atoms with Gasteiger partial charge in [0.05, 0.1) is 5.92 Å². The summed E-state index contributed by atoms with van der Waals surface area (Å²) in [5, 5.41) is 6.28. The third-order valence-electron chi connectivity index (χ3n) is 8.94. The molecule has 6 nitrogen and oxygen atoms in total. The number of aryl methyl sites for hydroxylation is 1. The van der Waals surface area contributed by atoms with Crippen molar-refractivity contribution in [2.45, 2.75) is 43.2 Å². The molecule has 3 aromatic carbocycles. The fourth-order valence-corrected chi connectivity index (χ4v) is 7.74. The summed E-state index contributed by atoms with van der Waals surface area (Å²) >= 11 is 0. The zero-order valence-electron chi connectivity index (χ0n) is 20.1. The highest BCUT2D eigenvalue weighted by Crippen LogP contribution is 2.68. The van der Waals surface area contributed by atoms with E-state index in [4.69, 9.17) is 0 Å². The minimum absolute atomic E-state index is 0.0795. The summed E-state index contributed by atoms with van der Waals surface area (Å²) < 4.78 is 0. The smallest absolute Gasteiger partial charge is 0.251 e. The van der Waals surface area contributed by atoms with Crippen molar-refractivity contribution in [2.75, 3.05) is 17.2 Å². The molecule has 4 aliphatic rings. The Hall–Kier alpha value is -3.77. The molecule has 2 amide bonds. The second-order valence-electron chi connectivity index (χ2n) is 10.3. The van der Waals surface area contributed by atoms with Crippen LogP contribution in [0.3, 0.4) is 0 Å². The number of rotatable bonds is 3. The first-order valence-corrected chi connectivity index (χ1v) is 12.8. The Labute approximate surface area is 209 Å². The summed E-state index contributed by atoms with van der Waals surface area (Å²) in [5.74, 6) is -1.25. The summed E-state index contributed by atoms with van der Waals surface area (Å²) in [6, 6.07) is 22.6. The number of nitrogens with zero attached hydrogens (tertiary/aromatic N) is 1. The van der Waals surface area contributed by atoms with E-state index in [0.29, 0.717) is 17.8 Å². The third kappa shape index (κ3) is 2.29. The van der Waals surface area contributed by atoms with Gasteiger partial charge in [-0.1, -0.05) is 73.7 Å². The molecule has 2 spiro atoms. The van der Waals surface area contributed by atoms with E-state index in [0.717, 1.165) is 41.6 Å². The van der Waals surface area contributed by atoms with E-state index < -0.39 is 16.9 Å². The van der Waals surface area contributed by atoms with Crippen molar-refractivity contribution in [3.8, 4) is 0 Å². The van der Waals surface area contributed by atoms with Crippen LogP contribution in [0.5, 0.6) is 0 Å². The van der Waals surface area contributed by atoms with Crippen molar-refractivity contribution in [3.05, 3.63) is 95.1 Å². The molecule has 0 saturated carbocycles. The molecule has 0 radical (unpaired) electrons. The fourth-order valence-electron chi connectivity index (χ4n) is 7.74. The number of hydrogen-bond acceptors (Lipinski definition) is 4. The summed E-state index contributed by atoms with van der Waals surface area (Å²) in [4.78, 5) is 45.5. The third-order valence-corrected chi connectivity index (χ3v) is 8.94. The number of benzene rings is 3. The fraction of sp³-hybridized carbons (Fsp3) is 0.300. The number of amides is 2. The SMILES string of the molecule is CCc1cccc2c1NC(=O)C21N2CCCC2C(C(=O)c2ccccc2)C12C(=O)Nc1ccccc12. The minimum atomic E-state index is -1.39. The molecule has 180 valence electrons. The number of anilines is 2. The van der Waals surface area contributed by atoms with Crippen molar-refractivity contribution < 1.29 is 14.4 Å². The number of ketones is 1. The molecule has 7 rings (SSSR count). The number of fused-ring (bicyclic) bond motifs is 7. The van der Waals surface area contributed by atoms with E-state index in [-0.39, 0.29) is 23.6 Å². The first-order valence-electron chi connectivity index (χ1n) is 12.8. The Kier molecular flexibility index (Phi) is 4.40. The Balaban J connectivity index is 1.60. The maximum Gasteiger partial charge on any atom is 0.251 e. The lowest BCUT2D eigenvalue weighted by Gasteiger charge is -2.43. The van der Waals surface area contributed by atoms with Crippen LogP contribution in [0, 0.1) is 5.92 Å². The van der Waals surface area contributed by atoms with E-state index >= 15 is 0 Å². The van der Waals surface area contributed by atoms with Gasteiger partial charge in [0.2, 0.25) is 5.91 Å². The lowest BCUT2D eigenvalue weighted by molar-refractivity contribution is -0.137. The van der Waals surface area contributed by atoms with Gasteiger partial charge in [-0.2, -0.15) is 0 Å². The largest absolute Gasteiger partial charge is 0.325 e. The zero-order chi connectivity index (χ0) is 24.7. The van der Waals surface area contributed by atoms with Crippen LogP contribution in [0.15, 0.2) is 72.8 Å². The van der Waals surface area contributed by atoms with E-state index in [2.05, 4.69) is 22.5 Å². The first kappa shape index (κ1) is 21.5. The number of nitrogens with one attached hydrogen (secondary N) is 2. The van der Waals surface area contributed by atoms with Crippen LogP contribution >= 0.6 is 0 Å². The number of carbonyl (C=O) groups is 3.